The van der Waals surface area contributed by atoms with E-state index >= 15 is 0 Å². The van der Waals surface area contributed by atoms with Crippen LogP contribution in [0, 0.1) is 5.92 Å². The van der Waals surface area contributed by atoms with Gasteiger partial charge in [0.2, 0.25) is 0 Å². The Morgan fingerprint density at radius 1 is 0.390 bits per heavy atom. The van der Waals surface area contributed by atoms with Crippen molar-refractivity contribution in [2.45, 2.75) is 233 Å². The highest BCUT2D eigenvalue weighted by atomic mass is 16.5. The maximum absolute atomic E-state index is 12.4. The summed E-state index contributed by atoms with van der Waals surface area (Å²) in [6, 6.07) is 0. The van der Waals surface area contributed by atoms with Gasteiger partial charge in [0.15, 0.2) is 0 Å². The van der Waals surface area contributed by atoms with Crippen molar-refractivity contribution in [2.75, 3.05) is 6.61 Å². The van der Waals surface area contributed by atoms with Gasteiger partial charge in [-0.15, -0.1) is 0 Å². The molecule has 2 nitrogen and oxygen atoms in total. The maximum atomic E-state index is 12.4. The lowest BCUT2D eigenvalue weighted by molar-refractivity contribution is -0.145. The zero-order chi connectivity index (χ0) is 29.9. The topological polar surface area (TPSA) is 26.3 Å². The van der Waals surface area contributed by atoms with Crippen molar-refractivity contribution in [1.29, 1.82) is 0 Å². The van der Waals surface area contributed by atoms with Gasteiger partial charge in [-0.3, -0.25) is 4.79 Å². The van der Waals surface area contributed by atoms with Crippen molar-refractivity contribution in [2.24, 2.45) is 5.92 Å². The molecule has 0 heterocycles. The van der Waals surface area contributed by atoms with E-state index in [1.165, 1.54) is 199 Å². The Morgan fingerprint density at radius 2 is 0.659 bits per heavy atom. The Hall–Kier alpha value is -0.530. The van der Waals surface area contributed by atoms with Crippen molar-refractivity contribution >= 4 is 5.97 Å². The van der Waals surface area contributed by atoms with Crippen LogP contribution in [0.3, 0.4) is 0 Å². The van der Waals surface area contributed by atoms with Gasteiger partial charge < -0.3 is 4.74 Å². The van der Waals surface area contributed by atoms with Gasteiger partial charge in [-0.2, -0.15) is 0 Å². The molecule has 0 rings (SSSR count). The molecule has 0 radical (unpaired) electrons. The van der Waals surface area contributed by atoms with Crippen LogP contribution < -0.4 is 0 Å². The molecule has 1 atom stereocenters. The minimum Gasteiger partial charge on any atom is -0.465 e. The first-order valence-electron chi connectivity index (χ1n) is 19.4. The summed E-state index contributed by atoms with van der Waals surface area (Å²) in [5.41, 5.74) is 0. The molecule has 41 heavy (non-hydrogen) atoms. The Bertz CT molecular complexity index is 488. The molecule has 0 aromatic heterocycles. The van der Waals surface area contributed by atoms with E-state index in [9.17, 15) is 4.79 Å². The van der Waals surface area contributed by atoms with Gasteiger partial charge in [0.05, 0.1) is 6.61 Å². The summed E-state index contributed by atoms with van der Waals surface area (Å²) in [7, 11) is 0. The van der Waals surface area contributed by atoms with Crippen LogP contribution in [0.1, 0.15) is 233 Å². The van der Waals surface area contributed by atoms with E-state index in [1.54, 1.807) is 0 Å². The molecule has 0 saturated heterocycles. The summed E-state index contributed by atoms with van der Waals surface area (Å²) in [5.74, 6) is 0.635. The number of ether oxygens (including phenoxy) is 1. The average molecular weight is 579 g/mol. The minimum absolute atomic E-state index is 0.0561. The van der Waals surface area contributed by atoms with Gasteiger partial charge in [-0.25, -0.2) is 0 Å². The number of hydrogen-bond donors (Lipinski definition) is 0. The van der Waals surface area contributed by atoms with E-state index < -0.39 is 0 Å². The second-order valence-corrected chi connectivity index (χ2v) is 13.4. The smallest absolute Gasteiger partial charge is 0.305 e. The lowest BCUT2D eigenvalue weighted by Gasteiger charge is -2.17. The molecule has 1 unspecified atom stereocenters. The van der Waals surface area contributed by atoms with Crippen molar-refractivity contribution in [3.63, 3.8) is 0 Å². The van der Waals surface area contributed by atoms with Crippen LogP contribution in [-0.4, -0.2) is 12.6 Å². The van der Waals surface area contributed by atoms with Crippen LogP contribution in [0.4, 0.5) is 0 Å². The summed E-state index contributed by atoms with van der Waals surface area (Å²) in [4.78, 5) is 12.4. The maximum Gasteiger partial charge on any atom is 0.305 e. The first-order valence-corrected chi connectivity index (χ1v) is 19.4. The second kappa shape index (κ2) is 35.7. The molecule has 0 fully saturated rings. The molecule has 0 aromatic rings. The molecule has 0 spiro atoms. The highest BCUT2D eigenvalue weighted by molar-refractivity contribution is 5.69. The third-order valence-corrected chi connectivity index (χ3v) is 9.15. The molecule has 0 N–H and O–H groups in total. The van der Waals surface area contributed by atoms with Crippen LogP contribution >= 0.6 is 0 Å². The predicted molar refractivity (Wildman–Crippen MR) is 184 cm³/mol. The van der Waals surface area contributed by atoms with Crippen molar-refractivity contribution in [3.05, 3.63) is 0 Å². The van der Waals surface area contributed by atoms with Crippen LogP contribution in [0.25, 0.3) is 0 Å². The molecule has 246 valence electrons. The largest absolute Gasteiger partial charge is 0.465 e. The molecule has 0 saturated carbocycles. The third kappa shape index (κ3) is 33.8. The first-order chi connectivity index (χ1) is 20.2. The van der Waals surface area contributed by atoms with Crippen LogP contribution in [0.5, 0.6) is 0 Å². The lowest BCUT2D eigenvalue weighted by Crippen LogP contribution is -2.14. The van der Waals surface area contributed by atoms with Crippen LogP contribution in [-0.2, 0) is 9.53 Å². The minimum atomic E-state index is 0.0561. The lowest BCUT2D eigenvalue weighted by atomic mass is 9.94. The highest BCUT2D eigenvalue weighted by Gasteiger charge is 2.12. The Kier molecular flexibility index (Phi) is 35.2. The van der Waals surface area contributed by atoms with Gasteiger partial charge in [0.25, 0.3) is 0 Å². The van der Waals surface area contributed by atoms with Gasteiger partial charge in [0.1, 0.15) is 0 Å². The summed E-state index contributed by atoms with van der Waals surface area (Å²) >= 11 is 0. The molecule has 0 bridgehead atoms. The number of hydrogen-bond acceptors (Lipinski definition) is 2. The van der Waals surface area contributed by atoms with E-state index in [0.717, 1.165) is 6.42 Å². The SMILES string of the molecule is CCCCCCCCCCCCCCCCC(=O)OCC(CCCCCCCCC)CCCCCCCCCCC. The van der Waals surface area contributed by atoms with E-state index in [1.807, 2.05) is 0 Å². The summed E-state index contributed by atoms with van der Waals surface area (Å²) in [6.07, 6.45) is 44.1. The van der Waals surface area contributed by atoms with Crippen molar-refractivity contribution in [3.8, 4) is 0 Å². The number of unbranched alkanes of at least 4 members (excludes halogenated alkanes) is 27. The number of rotatable bonds is 35. The van der Waals surface area contributed by atoms with Gasteiger partial charge in [-0.05, 0) is 25.2 Å². The van der Waals surface area contributed by atoms with E-state index in [0.29, 0.717) is 18.9 Å². The van der Waals surface area contributed by atoms with Crippen molar-refractivity contribution < 1.29 is 9.53 Å². The summed E-state index contributed by atoms with van der Waals surface area (Å²) in [5, 5.41) is 0. The number of esters is 1. The molecule has 2 heteroatoms. The third-order valence-electron chi connectivity index (χ3n) is 9.15. The molecular formula is C39H78O2. The zero-order valence-corrected chi connectivity index (χ0v) is 28.9. The fraction of sp³-hybridized carbons (Fsp3) is 0.974. The predicted octanol–water partition coefficient (Wildman–Crippen LogP) is 14.1. The zero-order valence-electron chi connectivity index (χ0n) is 28.9. The molecule has 0 aliphatic carbocycles. The molecule has 0 aromatic carbocycles. The van der Waals surface area contributed by atoms with Gasteiger partial charge in [-0.1, -0.05) is 207 Å². The molecule has 0 aliphatic rings. The van der Waals surface area contributed by atoms with Crippen LogP contribution in [0.2, 0.25) is 0 Å². The fourth-order valence-electron chi connectivity index (χ4n) is 6.19. The van der Waals surface area contributed by atoms with Gasteiger partial charge in [0, 0.05) is 6.42 Å². The Morgan fingerprint density at radius 3 is 0.976 bits per heavy atom. The second-order valence-electron chi connectivity index (χ2n) is 13.4. The van der Waals surface area contributed by atoms with E-state index in [2.05, 4.69) is 20.8 Å². The Balaban J connectivity index is 3.88. The van der Waals surface area contributed by atoms with E-state index in [-0.39, 0.29) is 5.97 Å². The standard InChI is InChI=1S/C39H78O2/c1-4-7-10-13-16-18-19-20-21-22-24-27-30-33-36-39(40)41-37-38(34-31-28-25-15-12-9-6-3)35-32-29-26-23-17-14-11-8-5-2/h38H,4-37H2,1-3H3. The van der Waals surface area contributed by atoms with E-state index in [4.69, 9.17) is 4.74 Å². The van der Waals surface area contributed by atoms with Gasteiger partial charge >= 0.3 is 5.97 Å². The summed E-state index contributed by atoms with van der Waals surface area (Å²) in [6.45, 7) is 7.54. The molecule has 0 aliphatic heterocycles. The highest BCUT2D eigenvalue weighted by Crippen LogP contribution is 2.21. The quantitative estimate of drug-likeness (QED) is 0.0552. The number of carbonyl (C=O) groups is 1. The first kappa shape index (κ1) is 40.5. The van der Waals surface area contributed by atoms with Crippen molar-refractivity contribution in [1.82, 2.24) is 0 Å². The average Bonchev–Trinajstić information content (AvgIpc) is 2.98. The normalized spacial score (nSPS) is 12.2. The Labute approximate surface area is 260 Å². The van der Waals surface area contributed by atoms with Crippen LogP contribution in [0.15, 0.2) is 0 Å². The molecular weight excluding hydrogens is 500 g/mol. The molecule has 0 amide bonds. The number of carbonyl (C=O) groups excluding carboxylic acids is 1. The summed E-state index contributed by atoms with van der Waals surface area (Å²) < 4.78 is 5.82. The fourth-order valence-corrected chi connectivity index (χ4v) is 6.19. The monoisotopic (exact) mass is 579 g/mol.